The van der Waals surface area contributed by atoms with Crippen LogP contribution in [-0.2, 0) is 9.53 Å². The van der Waals surface area contributed by atoms with Gasteiger partial charge >= 0.3 is 0 Å². The van der Waals surface area contributed by atoms with E-state index in [0.29, 0.717) is 19.3 Å². The molecule has 0 aromatic carbocycles. The average molecular weight is 252 g/mol. The highest BCUT2D eigenvalue weighted by Gasteiger charge is 2.34. The molecule has 0 spiro atoms. The van der Waals surface area contributed by atoms with Crippen LogP contribution in [0.15, 0.2) is 12.2 Å². The molecule has 0 aromatic heterocycles. The molecule has 1 amide bonds. The smallest absolute Gasteiger partial charge is 0.227 e. The van der Waals surface area contributed by atoms with Gasteiger partial charge in [-0.2, -0.15) is 0 Å². The second-order valence-electron chi connectivity index (χ2n) is 5.19. The first-order valence-corrected chi connectivity index (χ1v) is 7.07. The van der Waals surface area contributed by atoms with Gasteiger partial charge in [0.15, 0.2) is 0 Å². The van der Waals surface area contributed by atoms with Gasteiger partial charge in [0, 0.05) is 12.1 Å². The fraction of sp³-hybridized carbons (Fsp3) is 0.786. The minimum Gasteiger partial charge on any atom is -0.379 e. The van der Waals surface area contributed by atoms with Crippen molar-refractivity contribution in [2.75, 3.05) is 19.8 Å². The van der Waals surface area contributed by atoms with Crippen molar-refractivity contribution < 1.29 is 9.53 Å². The SMILES string of the molecule is CCCNC1COCC1C(=O)NC1CC=CCC1. The fourth-order valence-corrected chi connectivity index (χ4v) is 2.58. The van der Waals surface area contributed by atoms with Crippen LogP contribution in [0.4, 0.5) is 0 Å². The van der Waals surface area contributed by atoms with Crippen LogP contribution in [0, 0.1) is 5.92 Å². The van der Waals surface area contributed by atoms with Gasteiger partial charge < -0.3 is 15.4 Å². The number of amides is 1. The summed E-state index contributed by atoms with van der Waals surface area (Å²) in [4.78, 5) is 12.2. The highest BCUT2D eigenvalue weighted by Crippen LogP contribution is 2.16. The molecule has 3 atom stereocenters. The van der Waals surface area contributed by atoms with E-state index in [2.05, 4.69) is 29.7 Å². The zero-order valence-electron chi connectivity index (χ0n) is 11.2. The average Bonchev–Trinajstić information content (AvgIpc) is 2.86. The van der Waals surface area contributed by atoms with Crippen molar-refractivity contribution in [1.29, 1.82) is 0 Å². The number of ether oxygens (including phenoxy) is 1. The predicted molar refractivity (Wildman–Crippen MR) is 71.3 cm³/mol. The molecule has 2 N–H and O–H groups in total. The van der Waals surface area contributed by atoms with Crippen LogP contribution in [0.1, 0.15) is 32.6 Å². The maximum Gasteiger partial charge on any atom is 0.227 e. The van der Waals surface area contributed by atoms with Crippen molar-refractivity contribution in [1.82, 2.24) is 10.6 Å². The Bertz CT molecular complexity index is 304. The lowest BCUT2D eigenvalue weighted by Gasteiger charge is -2.24. The van der Waals surface area contributed by atoms with Gasteiger partial charge in [0.25, 0.3) is 0 Å². The monoisotopic (exact) mass is 252 g/mol. The van der Waals surface area contributed by atoms with E-state index in [1.54, 1.807) is 0 Å². The van der Waals surface area contributed by atoms with Gasteiger partial charge in [-0.25, -0.2) is 0 Å². The summed E-state index contributed by atoms with van der Waals surface area (Å²) >= 11 is 0. The Morgan fingerprint density at radius 2 is 2.28 bits per heavy atom. The molecule has 0 bridgehead atoms. The van der Waals surface area contributed by atoms with E-state index in [4.69, 9.17) is 4.74 Å². The standard InChI is InChI=1S/C14H24N2O2/c1-2-8-15-13-10-18-9-12(13)14(17)16-11-6-4-3-5-7-11/h3-4,11-13,15H,2,5-10H2,1H3,(H,16,17). The molecule has 0 radical (unpaired) electrons. The van der Waals surface area contributed by atoms with E-state index >= 15 is 0 Å². The molecule has 0 aromatic rings. The molecule has 4 nitrogen and oxygen atoms in total. The number of allylic oxidation sites excluding steroid dienone is 1. The first-order chi connectivity index (χ1) is 8.81. The second kappa shape index (κ2) is 6.90. The first kappa shape index (κ1) is 13.6. The molecule has 102 valence electrons. The molecule has 1 aliphatic heterocycles. The third-order valence-corrected chi connectivity index (χ3v) is 3.69. The summed E-state index contributed by atoms with van der Waals surface area (Å²) in [6.45, 7) is 4.29. The maximum absolute atomic E-state index is 12.2. The lowest BCUT2D eigenvalue weighted by Crippen LogP contribution is -2.47. The lowest BCUT2D eigenvalue weighted by molar-refractivity contribution is -0.126. The van der Waals surface area contributed by atoms with E-state index in [1.807, 2.05) is 0 Å². The summed E-state index contributed by atoms with van der Waals surface area (Å²) in [6, 6.07) is 0.499. The molecule has 2 aliphatic rings. The van der Waals surface area contributed by atoms with Gasteiger partial charge in [-0.3, -0.25) is 4.79 Å². The second-order valence-corrected chi connectivity index (χ2v) is 5.19. The van der Waals surface area contributed by atoms with E-state index in [9.17, 15) is 4.79 Å². The normalized spacial score (nSPS) is 31.5. The van der Waals surface area contributed by atoms with Gasteiger partial charge in [-0.15, -0.1) is 0 Å². The van der Waals surface area contributed by atoms with Gasteiger partial charge in [0.1, 0.15) is 0 Å². The number of hydrogen-bond acceptors (Lipinski definition) is 3. The van der Waals surface area contributed by atoms with E-state index < -0.39 is 0 Å². The van der Waals surface area contributed by atoms with Gasteiger partial charge in [-0.05, 0) is 32.2 Å². The molecular formula is C14H24N2O2. The zero-order chi connectivity index (χ0) is 12.8. The predicted octanol–water partition coefficient (Wildman–Crippen LogP) is 1.23. The summed E-state index contributed by atoms with van der Waals surface area (Å²) < 4.78 is 5.44. The number of hydrogen-bond donors (Lipinski definition) is 2. The number of rotatable bonds is 5. The number of carbonyl (C=O) groups is 1. The van der Waals surface area contributed by atoms with Crippen LogP contribution in [0.5, 0.6) is 0 Å². The van der Waals surface area contributed by atoms with Gasteiger partial charge in [0.2, 0.25) is 5.91 Å². The van der Waals surface area contributed by atoms with Crippen molar-refractivity contribution in [3.8, 4) is 0 Å². The maximum atomic E-state index is 12.2. The highest BCUT2D eigenvalue weighted by molar-refractivity contribution is 5.80. The molecule has 3 unspecified atom stereocenters. The topological polar surface area (TPSA) is 50.4 Å². The van der Waals surface area contributed by atoms with Crippen LogP contribution < -0.4 is 10.6 Å². The Balaban J connectivity index is 1.81. The molecule has 1 fully saturated rings. The van der Waals surface area contributed by atoms with Crippen LogP contribution in [0.2, 0.25) is 0 Å². The third kappa shape index (κ3) is 3.56. The number of nitrogens with one attached hydrogen (secondary N) is 2. The Morgan fingerprint density at radius 3 is 3.00 bits per heavy atom. The van der Waals surface area contributed by atoms with Crippen molar-refractivity contribution in [3.63, 3.8) is 0 Å². The quantitative estimate of drug-likeness (QED) is 0.724. The molecule has 1 saturated heterocycles. The Kier molecular flexibility index (Phi) is 5.20. The molecule has 18 heavy (non-hydrogen) atoms. The Labute approximate surface area is 109 Å². The Hall–Kier alpha value is -0.870. The van der Waals surface area contributed by atoms with Crippen molar-refractivity contribution >= 4 is 5.91 Å². The van der Waals surface area contributed by atoms with Crippen LogP contribution in [0.3, 0.4) is 0 Å². The summed E-state index contributed by atoms with van der Waals surface area (Å²) in [7, 11) is 0. The highest BCUT2D eigenvalue weighted by atomic mass is 16.5. The number of carbonyl (C=O) groups excluding carboxylic acids is 1. The lowest BCUT2D eigenvalue weighted by atomic mass is 9.98. The van der Waals surface area contributed by atoms with Crippen LogP contribution in [-0.4, -0.2) is 37.7 Å². The summed E-state index contributed by atoms with van der Waals surface area (Å²) in [5.74, 6) is 0.129. The molecule has 1 heterocycles. The van der Waals surface area contributed by atoms with E-state index in [-0.39, 0.29) is 17.9 Å². The van der Waals surface area contributed by atoms with Crippen molar-refractivity contribution in [2.45, 2.75) is 44.7 Å². The largest absolute Gasteiger partial charge is 0.379 e. The molecule has 4 heteroatoms. The third-order valence-electron chi connectivity index (χ3n) is 3.69. The fourth-order valence-electron chi connectivity index (χ4n) is 2.58. The minimum absolute atomic E-state index is 0.0255. The van der Waals surface area contributed by atoms with E-state index in [1.165, 1.54) is 0 Å². The van der Waals surface area contributed by atoms with Crippen LogP contribution in [0.25, 0.3) is 0 Å². The molecule has 1 aliphatic carbocycles. The first-order valence-electron chi connectivity index (χ1n) is 7.07. The van der Waals surface area contributed by atoms with Crippen molar-refractivity contribution in [2.24, 2.45) is 5.92 Å². The summed E-state index contributed by atoms with van der Waals surface area (Å²) in [5.41, 5.74) is 0. The molecular weight excluding hydrogens is 228 g/mol. The summed E-state index contributed by atoms with van der Waals surface area (Å²) in [6.07, 6.45) is 8.52. The zero-order valence-corrected chi connectivity index (χ0v) is 11.2. The van der Waals surface area contributed by atoms with Crippen LogP contribution >= 0.6 is 0 Å². The Morgan fingerprint density at radius 1 is 1.39 bits per heavy atom. The van der Waals surface area contributed by atoms with Gasteiger partial charge in [-0.1, -0.05) is 19.1 Å². The summed E-state index contributed by atoms with van der Waals surface area (Å²) in [5, 5.41) is 6.56. The molecule has 0 saturated carbocycles. The van der Waals surface area contributed by atoms with Gasteiger partial charge in [0.05, 0.1) is 19.1 Å². The van der Waals surface area contributed by atoms with Crippen molar-refractivity contribution in [3.05, 3.63) is 12.2 Å². The minimum atomic E-state index is -0.0255. The molecule has 2 rings (SSSR count). The van der Waals surface area contributed by atoms with E-state index in [0.717, 1.165) is 32.2 Å².